The van der Waals surface area contributed by atoms with E-state index in [0.717, 1.165) is 12.1 Å². The Morgan fingerprint density at radius 1 is 0.861 bits per heavy atom. The van der Waals surface area contributed by atoms with Gasteiger partial charge in [0.05, 0.1) is 18.2 Å². The summed E-state index contributed by atoms with van der Waals surface area (Å²) in [5.41, 5.74) is 0.989. The molecule has 0 aliphatic heterocycles. The quantitative estimate of drug-likeness (QED) is 0.255. The molecule has 7 nitrogen and oxygen atoms in total. The maximum absolute atomic E-state index is 13.9. The highest BCUT2D eigenvalue weighted by Gasteiger charge is 2.17. The van der Waals surface area contributed by atoms with Gasteiger partial charge in [0, 0.05) is 23.2 Å². The summed E-state index contributed by atoms with van der Waals surface area (Å²) in [5, 5.41) is 2.73. The van der Waals surface area contributed by atoms with Crippen LogP contribution in [-0.2, 0) is 16.0 Å². The molecule has 4 rings (SSSR count). The summed E-state index contributed by atoms with van der Waals surface area (Å²) in [6.07, 6.45) is 1.06. The van der Waals surface area contributed by atoms with E-state index >= 15 is 0 Å². The van der Waals surface area contributed by atoms with Crippen molar-refractivity contribution in [3.05, 3.63) is 108 Å². The Morgan fingerprint density at radius 2 is 1.56 bits per heavy atom. The minimum Gasteiger partial charge on any atom is -0.457 e. The van der Waals surface area contributed by atoms with E-state index in [0.29, 0.717) is 16.8 Å². The molecule has 1 aromatic heterocycles. The number of aromatic nitrogens is 1. The first-order valence-corrected chi connectivity index (χ1v) is 10.9. The van der Waals surface area contributed by atoms with Gasteiger partial charge in [0.25, 0.3) is 5.91 Å². The van der Waals surface area contributed by atoms with Crippen LogP contribution < -0.4 is 5.32 Å². The first-order valence-electron chi connectivity index (χ1n) is 10.9. The average Bonchev–Trinajstić information content (AvgIpc) is 3.35. The highest BCUT2D eigenvalue weighted by atomic mass is 19.1. The molecule has 0 saturated heterocycles. The van der Waals surface area contributed by atoms with E-state index in [4.69, 9.17) is 9.15 Å². The lowest BCUT2D eigenvalue weighted by atomic mass is 10.1. The van der Waals surface area contributed by atoms with Gasteiger partial charge in [-0.25, -0.2) is 13.8 Å². The molecule has 0 atom stereocenters. The Labute approximate surface area is 204 Å². The van der Waals surface area contributed by atoms with Crippen LogP contribution in [0.15, 0.2) is 83.4 Å². The van der Waals surface area contributed by atoms with Crippen molar-refractivity contribution in [2.75, 3.05) is 11.9 Å². The molecule has 0 fully saturated rings. The number of anilines is 1. The fourth-order valence-corrected chi connectivity index (χ4v) is 3.32. The van der Waals surface area contributed by atoms with Gasteiger partial charge in [-0.05, 0) is 48.5 Å². The normalized spacial score (nSPS) is 10.6. The first-order chi connectivity index (χ1) is 17.4. The monoisotopic (exact) mass is 490 g/mol. The molecule has 4 aromatic rings. The molecule has 0 aliphatic carbocycles. The first kappa shape index (κ1) is 24.5. The number of nitrogens with zero attached hydrogens (tertiary/aromatic N) is 1. The molecular weight excluding hydrogens is 470 g/mol. The van der Waals surface area contributed by atoms with E-state index in [1.54, 1.807) is 36.4 Å². The van der Waals surface area contributed by atoms with Crippen molar-refractivity contribution in [1.29, 1.82) is 0 Å². The van der Waals surface area contributed by atoms with Gasteiger partial charge >= 0.3 is 5.97 Å². The number of rotatable bonds is 9. The van der Waals surface area contributed by atoms with E-state index in [1.165, 1.54) is 24.4 Å². The molecule has 0 unspecified atom stereocenters. The van der Waals surface area contributed by atoms with Crippen molar-refractivity contribution >= 4 is 23.3 Å². The third-order valence-corrected chi connectivity index (χ3v) is 5.17. The number of amides is 1. The van der Waals surface area contributed by atoms with Crippen molar-refractivity contribution < 1.29 is 32.3 Å². The highest BCUT2D eigenvalue weighted by Crippen LogP contribution is 2.26. The number of aryl methyl sites for hydroxylation is 1. The molecular formula is C27H20F2N2O5. The smallest absolute Gasteiger partial charge is 0.306 e. The molecule has 1 amide bonds. The predicted molar refractivity (Wildman–Crippen MR) is 126 cm³/mol. The van der Waals surface area contributed by atoms with Crippen LogP contribution in [-0.4, -0.2) is 29.3 Å². The number of hydrogen-bond acceptors (Lipinski definition) is 6. The van der Waals surface area contributed by atoms with E-state index in [1.807, 2.05) is 6.07 Å². The Hall–Kier alpha value is -4.66. The van der Waals surface area contributed by atoms with E-state index < -0.39 is 30.0 Å². The maximum Gasteiger partial charge on any atom is 0.306 e. The molecule has 0 radical (unpaired) electrons. The lowest BCUT2D eigenvalue weighted by Gasteiger charge is -2.07. The second-order valence-corrected chi connectivity index (χ2v) is 7.70. The minimum absolute atomic E-state index is 0.0267. The van der Waals surface area contributed by atoms with E-state index in [-0.39, 0.29) is 36.0 Å². The fourth-order valence-electron chi connectivity index (χ4n) is 3.32. The maximum atomic E-state index is 13.9. The van der Waals surface area contributed by atoms with Gasteiger partial charge in [-0.3, -0.25) is 14.4 Å². The molecule has 1 heterocycles. The lowest BCUT2D eigenvalue weighted by molar-refractivity contribution is -0.142. The number of ketones is 1. The number of nitrogens with one attached hydrogen (secondary N) is 1. The van der Waals surface area contributed by atoms with Gasteiger partial charge < -0.3 is 14.5 Å². The third kappa shape index (κ3) is 6.06. The molecule has 3 aromatic carbocycles. The number of Topliss-reactive ketones (excluding diaryl/α,β-unsaturated/α-hetero) is 1. The molecule has 36 heavy (non-hydrogen) atoms. The summed E-state index contributed by atoms with van der Waals surface area (Å²) in [6, 6.07) is 18.3. The second kappa shape index (κ2) is 11.2. The van der Waals surface area contributed by atoms with Gasteiger partial charge in [0.15, 0.2) is 24.0 Å². The molecule has 0 saturated carbocycles. The lowest BCUT2D eigenvalue weighted by Crippen LogP contribution is -2.15. The van der Waals surface area contributed by atoms with E-state index in [9.17, 15) is 23.2 Å². The minimum atomic E-state index is -0.790. The Balaban J connectivity index is 1.24. The van der Waals surface area contributed by atoms with Crippen LogP contribution in [0, 0.1) is 11.6 Å². The zero-order valence-corrected chi connectivity index (χ0v) is 18.9. The Kier molecular flexibility index (Phi) is 7.60. The predicted octanol–water partition coefficient (Wildman–Crippen LogP) is 5.23. The molecule has 9 heteroatoms. The fraction of sp³-hybridized carbons (Fsp3) is 0.111. The van der Waals surface area contributed by atoms with Crippen molar-refractivity contribution in [2.45, 2.75) is 12.8 Å². The average molecular weight is 490 g/mol. The molecule has 0 bridgehead atoms. The number of halogens is 2. The molecule has 0 aliphatic rings. The zero-order valence-electron chi connectivity index (χ0n) is 18.9. The Bertz CT molecular complexity index is 1360. The van der Waals surface area contributed by atoms with Crippen LogP contribution in [0.3, 0.4) is 0 Å². The van der Waals surface area contributed by atoms with Gasteiger partial charge in [0.1, 0.15) is 11.6 Å². The zero-order chi connectivity index (χ0) is 25.5. The summed E-state index contributed by atoms with van der Waals surface area (Å²) >= 11 is 0. The largest absolute Gasteiger partial charge is 0.457 e. The number of oxazole rings is 1. The molecule has 1 N–H and O–H groups in total. The number of carbonyl (C=O) groups is 3. The van der Waals surface area contributed by atoms with Gasteiger partial charge in [-0.1, -0.05) is 24.3 Å². The van der Waals surface area contributed by atoms with Crippen LogP contribution in [0.5, 0.6) is 0 Å². The van der Waals surface area contributed by atoms with Crippen LogP contribution in [0.1, 0.15) is 33.0 Å². The topological polar surface area (TPSA) is 98.5 Å². The highest BCUT2D eigenvalue weighted by molar-refractivity contribution is 6.04. The molecule has 182 valence electrons. The van der Waals surface area contributed by atoms with Crippen molar-refractivity contribution in [2.24, 2.45) is 0 Å². The number of benzene rings is 3. The number of hydrogen-bond donors (Lipinski definition) is 1. The Morgan fingerprint density at radius 3 is 2.25 bits per heavy atom. The number of ether oxygens (including phenoxy) is 1. The van der Waals surface area contributed by atoms with E-state index in [2.05, 4.69) is 10.3 Å². The summed E-state index contributed by atoms with van der Waals surface area (Å²) in [5.74, 6) is -2.92. The van der Waals surface area contributed by atoms with Crippen molar-refractivity contribution in [3.63, 3.8) is 0 Å². The van der Waals surface area contributed by atoms with Crippen LogP contribution in [0.4, 0.5) is 14.5 Å². The van der Waals surface area contributed by atoms with Gasteiger partial charge in [-0.15, -0.1) is 0 Å². The van der Waals surface area contributed by atoms with Gasteiger partial charge in [0.2, 0.25) is 0 Å². The van der Waals surface area contributed by atoms with Crippen LogP contribution in [0.2, 0.25) is 0 Å². The van der Waals surface area contributed by atoms with Gasteiger partial charge in [-0.2, -0.15) is 0 Å². The summed E-state index contributed by atoms with van der Waals surface area (Å²) < 4.78 is 38.1. The second-order valence-electron chi connectivity index (χ2n) is 7.70. The van der Waals surface area contributed by atoms with Crippen LogP contribution >= 0.6 is 0 Å². The standard InChI is InChI=1S/C27H20F2N2O5/c28-20-7-4-8-21(29)26(20)23-15-30-24(36-23)13-14-25(33)35-16-22(32)17-9-11-19(12-10-17)31-27(34)18-5-2-1-3-6-18/h1-12,15H,13-14,16H2,(H,31,34). The third-order valence-electron chi connectivity index (χ3n) is 5.17. The molecule has 0 spiro atoms. The number of carbonyl (C=O) groups excluding carboxylic acids is 3. The SMILES string of the molecule is O=C(CCc1ncc(-c2c(F)cccc2F)o1)OCC(=O)c1ccc(NC(=O)c2ccccc2)cc1. The van der Waals surface area contributed by atoms with Crippen molar-refractivity contribution in [1.82, 2.24) is 4.98 Å². The van der Waals surface area contributed by atoms with Crippen LogP contribution in [0.25, 0.3) is 11.3 Å². The summed E-state index contributed by atoms with van der Waals surface area (Å²) in [7, 11) is 0. The summed E-state index contributed by atoms with van der Waals surface area (Å²) in [6.45, 7) is -0.466. The number of esters is 1. The van der Waals surface area contributed by atoms with Crippen molar-refractivity contribution in [3.8, 4) is 11.3 Å². The summed E-state index contributed by atoms with van der Waals surface area (Å²) in [4.78, 5) is 40.5.